The average Bonchev–Trinajstić information content (AvgIpc) is 2.11. The third-order valence-corrected chi connectivity index (χ3v) is 3.78. The molecule has 0 atom stereocenters. The maximum Gasteiger partial charge on any atom is 0.0604 e. The molecular weight excluding hydrogens is 188 g/mol. The van der Waals surface area contributed by atoms with Gasteiger partial charge in [-0.3, -0.25) is 4.90 Å². The molecule has 3 nitrogen and oxygen atoms in total. The summed E-state index contributed by atoms with van der Waals surface area (Å²) in [6, 6.07) is 0.763. The van der Waals surface area contributed by atoms with Crippen molar-refractivity contribution in [1.29, 1.82) is 0 Å². The molecule has 1 saturated heterocycles. The summed E-state index contributed by atoms with van der Waals surface area (Å²) in [5, 5.41) is 3.47. The first-order chi connectivity index (χ1) is 7.13. The van der Waals surface area contributed by atoms with Gasteiger partial charge in [-0.25, -0.2) is 0 Å². The smallest absolute Gasteiger partial charge is 0.0604 e. The highest BCUT2D eigenvalue weighted by molar-refractivity contribution is 4.97. The number of nitrogens with zero attached hydrogens (tertiary/aromatic N) is 1. The SMILES string of the molecule is CCOC1CC(N2CCNCC2(C)C)C1. The van der Waals surface area contributed by atoms with Gasteiger partial charge < -0.3 is 10.1 Å². The second-order valence-electron chi connectivity index (χ2n) is 5.39. The zero-order chi connectivity index (χ0) is 10.9. The maximum atomic E-state index is 5.62. The summed E-state index contributed by atoms with van der Waals surface area (Å²) in [4.78, 5) is 2.67. The quantitative estimate of drug-likeness (QED) is 0.762. The predicted octanol–water partition coefficient (Wildman–Crippen LogP) is 1.24. The zero-order valence-electron chi connectivity index (χ0n) is 10.3. The van der Waals surface area contributed by atoms with E-state index in [1.54, 1.807) is 0 Å². The van der Waals surface area contributed by atoms with Gasteiger partial charge in [0.25, 0.3) is 0 Å². The van der Waals surface area contributed by atoms with Gasteiger partial charge in [0.2, 0.25) is 0 Å². The topological polar surface area (TPSA) is 24.5 Å². The molecule has 1 N–H and O–H groups in total. The minimum Gasteiger partial charge on any atom is -0.378 e. The van der Waals surface area contributed by atoms with Crippen molar-refractivity contribution in [2.24, 2.45) is 0 Å². The summed E-state index contributed by atoms with van der Waals surface area (Å²) in [6.07, 6.45) is 3.00. The maximum absolute atomic E-state index is 5.62. The Morgan fingerprint density at radius 1 is 1.40 bits per heavy atom. The number of nitrogens with one attached hydrogen (secondary N) is 1. The fourth-order valence-electron chi connectivity index (χ4n) is 2.84. The molecule has 1 aliphatic carbocycles. The van der Waals surface area contributed by atoms with E-state index >= 15 is 0 Å². The molecule has 1 heterocycles. The van der Waals surface area contributed by atoms with E-state index in [-0.39, 0.29) is 0 Å². The van der Waals surface area contributed by atoms with Crippen LogP contribution >= 0.6 is 0 Å². The first kappa shape index (κ1) is 11.4. The van der Waals surface area contributed by atoms with Gasteiger partial charge in [-0.15, -0.1) is 0 Å². The number of piperazine rings is 1. The van der Waals surface area contributed by atoms with Crippen molar-refractivity contribution in [1.82, 2.24) is 10.2 Å². The minimum absolute atomic E-state index is 0.320. The van der Waals surface area contributed by atoms with Crippen molar-refractivity contribution in [2.75, 3.05) is 26.2 Å². The second kappa shape index (κ2) is 4.40. The third-order valence-electron chi connectivity index (χ3n) is 3.78. The lowest BCUT2D eigenvalue weighted by atomic mass is 9.83. The molecule has 1 aliphatic heterocycles. The van der Waals surface area contributed by atoms with Crippen molar-refractivity contribution in [3.63, 3.8) is 0 Å². The van der Waals surface area contributed by atoms with E-state index in [9.17, 15) is 0 Å². The first-order valence-corrected chi connectivity index (χ1v) is 6.22. The van der Waals surface area contributed by atoms with Crippen molar-refractivity contribution in [3.05, 3.63) is 0 Å². The van der Waals surface area contributed by atoms with Crippen LogP contribution in [0.2, 0.25) is 0 Å². The van der Waals surface area contributed by atoms with Crippen molar-refractivity contribution in [3.8, 4) is 0 Å². The fraction of sp³-hybridized carbons (Fsp3) is 1.00. The molecule has 2 aliphatic rings. The van der Waals surface area contributed by atoms with Crippen LogP contribution in [0.4, 0.5) is 0 Å². The molecule has 0 aromatic heterocycles. The molecule has 0 radical (unpaired) electrons. The highest BCUT2D eigenvalue weighted by Gasteiger charge is 2.41. The second-order valence-corrected chi connectivity index (χ2v) is 5.39. The third kappa shape index (κ3) is 2.35. The molecule has 15 heavy (non-hydrogen) atoms. The normalized spacial score (nSPS) is 36.2. The van der Waals surface area contributed by atoms with E-state index in [0.717, 1.165) is 25.7 Å². The Hall–Kier alpha value is -0.120. The summed E-state index contributed by atoms with van der Waals surface area (Å²) >= 11 is 0. The van der Waals surface area contributed by atoms with Crippen LogP contribution in [0.25, 0.3) is 0 Å². The lowest BCUT2D eigenvalue weighted by Crippen LogP contribution is -2.64. The van der Waals surface area contributed by atoms with Crippen LogP contribution in [0.15, 0.2) is 0 Å². The molecular formula is C12H24N2O. The Bertz CT molecular complexity index is 212. The largest absolute Gasteiger partial charge is 0.378 e. The Morgan fingerprint density at radius 2 is 2.13 bits per heavy atom. The van der Waals surface area contributed by atoms with Gasteiger partial charge in [0, 0.05) is 37.8 Å². The van der Waals surface area contributed by atoms with E-state index < -0.39 is 0 Å². The van der Waals surface area contributed by atoms with Crippen LogP contribution in [-0.4, -0.2) is 48.8 Å². The van der Waals surface area contributed by atoms with Gasteiger partial charge in [0.15, 0.2) is 0 Å². The van der Waals surface area contributed by atoms with E-state index in [1.165, 1.54) is 19.4 Å². The van der Waals surface area contributed by atoms with E-state index in [0.29, 0.717) is 11.6 Å². The summed E-state index contributed by atoms with van der Waals surface area (Å²) in [7, 11) is 0. The Morgan fingerprint density at radius 3 is 2.73 bits per heavy atom. The molecule has 0 spiro atoms. The molecule has 0 unspecified atom stereocenters. The molecule has 0 amide bonds. The molecule has 0 aromatic carbocycles. The van der Waals surface area contributed by atoms with Crippen LogP contribution in [-0.2, 0) is 4.74 Å². The van der Waals surface area contributed by atoms with E-state index in [4.69, 9.17) is 4.74 Å². The van der Waals surface area contributed by atoms with Gasteiger partial charge in [-0.2, -0.15) is 0 Å². The molecule has 3 heteroatoms. The van der Waals surface area contributed by atoms with Crippen molar-refractivity contribution >= 4 is 0 Å². The minimum atomic E-state index is 0.320. The summed E-state index contributed by atoms with van der Waals surface area (Å²) in [6.45, 7) is 11.1. The van der Waals surface area contributed by atoms with Crippen molar-refractivity contribution < 1.29 is 4.74 Å². The molecule has 88 valence electrons. The first-order valence-electron chi connectivity index (χ1n) is 6.22. The molecule has 0 bridgehead atoms. The number of ether oxygens (including phenoxy) is 1. The van der Waals surface area contributed by atoms with Gasteiger partial charge in [0.05, 0.1) is 6.10 Å². The monoisotopic (exact) mass is 212 g/mol. The Kier molecular flexibility index (Phi) is 3.33. The van der Waals surface area contributed by atoms with Crippen LogP contribution in [0.5, 0.6) is 0 Å². The van der Waals surface area contributed by atoms with Crippen LogP contribution in [0.3, 0.4) is 0 Å². The molecule has 1 saturated carbocycles. The number of hydrogen-bond acceptors (Lipinski definition) is 3. The number of hydrogen-bond donors (Lipinski definition) is 1. The summed E-state index contributed by atoms with van der Waals surface area (Å²) in [5.74, 6) is 0. The van der Waals surface area contributed by atoms with Crippen LogP contribution < -0.4 is 5.32 Å². The van der Waals surface area contributed by atoms with Crippen LogP contribution in [0, 0.1) is 0 Å². The standard InChI is InChI=1S/C12H24N2O/c1-4-15-11-7-10(8-11)14-6-5-13-9-12(14,2)3/h10-11,13H,4-9H2,1-3H3. The lowest BCUT2D eigenvalue weighted by molar-refractivity contribution is -0.0786. The summed E-state index contributed by atoms with van der Waals surface area (Å²) in [5.41, 5.74) is 0.320. The van der Waals surface area contributed by atoms with Crippen LogP contribution in [0.1, 0.15) is 33.6 Å². The van der Waals surface area contributed by atoms with Gasteiger partial charge in [0.1, 0.15) is 0 Å². The fourth-order valence-corrected chi connectivity index (χ4v) is 2.84. The van der Waals surface area contributed by atoms with E-state index in [1.807, 2.05) is 0 Å². The molecule has 0 aromatic rings. The van der Waals surface area contributed by atoms with Gasteiger partial charge in [-0.1, -0.05) is 0 Å². The van der Waals surface area contributed by atoms with E-state index in [2.05, 4.69) is 31.0 Å². The highest BCUT2D eigenvalue weighted by Crippen LogP contribution is 2.33. The highest BCUT2D eigenvalue weighted by atomic mass is 16.5. The summed E-state index contributed by atoms with van der Waals surface area (Å²) < 4.78 is 5.62. The lowest BCUT2D eigenvalue weighted by Gasteiger charge is -2.52. The Balaban J connectivity index is 1.84. The molecule has 2 rings (SSSR count). The van der Waals surface area contributed by atoms with Crippen molar-refractivity contribution in [2.45, 2.75) is 51.3 Å². The average molecular weight is 212 g/mol. The Labute approximate surface area is 93.2 Å². The van der Waals surface area contributed by atoms with Gasteiger partial charge >= 0.3 is 0 Å². The zero-order valence-corrected chi connectivity index (χ0v) is 10.3. The molecule has 2 fully saturated rings. The number of rotatable bonds is 3. The van der Waals surface area contributed by atoms with Gasteiger partial charge in [-0.05, 0) is 33.6 Å². The predicted molar refractivity (Wildman–Crippen MR) is 62.1 cm³/mol.